The number of carboxylic acids is 1. The molecule has 34 heavy (non-hydrogen) atoms. The Morgan fingerprint density at radius 1 is 1.12 bits per heavy atom. The van der Waals surface area contributed by atoms with Crippen LogP contribution in [0, 0.1) is 5.92 Å². The van der Waals surface area contributed by atoms with Crippen LogP contribution in [0.1, 0.15) is 32.8 Å². The van der Waals surface area contributed by atoms with Gasteiger partial charge in [0, 0.05) is 18.5 Å². The van der Waals surface area contributed by atoms with Gasteiger partial charge in [0.2, 0.25) is 25.1 Å². The van der Waals surface area contributed by atoms with Gasteiger partial charge in [-0.15, -0.1) is 0 Å². The van der Waals surface area contributed by atoms with Crippen LogP contribution in [0.2, 0.25) is 0 Å². The summed E-state index contributed by atoms with van der Waals surface area (Å²) >= 11 is 0. The third kappa shape index (κ3) is 9.72. The predicted molar refractivity (Wildman–Crippen MR) is 122 cm³/mol. The van der Waals surface area contributed by atoms with Crippen molar-refractivity contribution in [2.24, 2.45) is 16.6 Å². The summed E-state index contributed by atoms with van der Waals surface area (Å²) in [4.78, 5) is 61.7. The lowest BCUT2D eigenvalue weighted by atomic mass is 10.1. The maximum atomic E-state index is 13.3. The van der Waals surface area contributed by atoms with Gasteiger partial charge in [0.1, 0.15) is 17.9 Å². The van der Waals surface area contributed by atoms with Crippen molar-refractivity contribution in [3.05, 3.63) is 35.9 Å². The Morgan fingerprint density at radius 3 is 2.21 bits per heavy atom. The van der Waals surface area contributed by atoms with E-state index in [4.69, 9.17) is 10.8 Å². The third-order valence-electron chi connectivity index (χ3n) is 4.84. The second kappa shape index (κ2) is 12.9. The number of nitrogens with one attached hydrogen (secondary N) is 2. The summed E-state index contributed by atoms with van der Waals surface area (Å²) in [6.45, 7) is 3.80. The predicted octanol–water partition coefficient (Wildman–Crippen LogP) is -0.810. The lowest BCUT2D eigenvalue weighted by molar-refractivity contribution is -0.216. The molecule has 5 atom stereocenters. The Morgan fingerprint density at radius 2 is 1.71 bits per heavy atom. The highest BCUT2D eigenvalue weighted by Gasteiger charge is 2.37. The van der Waals surface area contributed by atoms with Gasteiger partial charge in [-0.2, -0.15) is 0 Å². The van der Waals surface area contributed by atoms with E-state index in [0.717, 1.165) is 6.92 Å². The van der Waals surface area contributed by atoms with Gasteiger partial charge < -0.3 is 31.5 Å². The van der Waals surface area contributed by atoms with Crippen LogP contribution in [0.4, 0.5) is 0 Å². The van der Waals surface area contributed by atoms with Crippen LogP contribution in [0.5, 0.6) is 0 Å². The van der Waals surface area contributed by atoms with Gasteiger partial charge in [-0.3, -0.25) is 28.7 Å². The number of carboxylic acid groups (broad SMARTS) is 1. The Hall–Kier alpha value is -3.24. The minimum atomic E-state index is -4.29. The maximum Gasteiger partial charge on any atom is 0.306 e. The van der Waals surface area contributed by atoms with Crippen LogP contribution in [-0.4, -0.2) is 63.6 Å². The zero-order valence-corrected chi connectivity index (χ0v) is 20.0. The summed E-state index contributed by atoms with van der Waals surface area (Å²) in [7, 11) is -4.29. The Bertz CT molecular complexity index is 965. The number of nitrogens with zero attached hydrogens (tertiary/aromatic N) is 1. The number of nitrogens with two attached hydrogens (primary N) is 1. The molecular formula is C21H30N4O8P-. The number of carbonyl (C=O) groups is 4. The molecule has 1 aromatic rings. The largest absolute Gasteiger partial charge is 0.862 e. The number of amides is 3. The van der Waals surface area contributed by atoms with Crippen molar-refractivity contribution in [2.45, 2.75) is 51.5 Å². The maximum absolute atomic E-state index is 13.3. The SMILES string of the molecule is CC([O-])=NC(CC(=O)O)C(=O)N[C@H](Cc1ccccc1)P(=O)(O)C[C@@H](C)C(=O)NC(C)C(N)=O. The van der Waals surface area contributed by atoms with Gasteiger partial charge in [-0.05, 0) is 25.3 Å². The summed E-state index contributed by atoms with van der Waals surface area (Å²) < 4.78 is 13.3. The van der Waals surface area contributed by atoms with E-state index in [-0.39, 0.29) is 6.42 Å². The topological polar surface area (TPSA) is 211 Å². The number of hydrogen-bond donors (Lipinski definition) is 5. The first-order valence-electron chi connectivity index (χ1n) is 10.4. The molecule has 0 spiro atoms. The molecule has 6 N–H and O–H groups in total. The van der Waals surface area contributed by atoms with Crippen LogP contribution in [0.3, 0.4) is 0 Å². The number of benzene rings is 1. The molecule has 0 saturated carbocycles. The summed E-state index contributed by atoms with van der Waals surface area (Å²) in [5, 5.41) is 25.1. The number of carbonyl (C=O) groups excluding carboxylic acids is 3. The number of aliphatic carboxylic acids is 1. The van der Waals surface area contributed by atoms with Crippen LogP contribution in [0.15, 0.2) is 35.3 Å². The minimum Gasteiger partial charge on any atom is -0.862 e. The molecule has 1 rings (SSSR count). The Kier molecular flexibility index (Phi) is 10.9. The van der Waals surface area contributed by atoms with Gasteiger partial charge in [-0.1, -0.05) is 37.3 Å². The van der Waals surface area contributed by atoms with Gasteiger partial charge in [0.25, 0.3) is 0 Å². The number of rotatable bonds is 13. The van der Waals surface area contributed by atoms with E-state index in [1.165, 1.54) is 13.8 Å². The van der Waals surface area contributed by atoms with Crippen LogP contribution < -0.4 is 21.5 Å². The fraction of sp³-hybridized carbons (Fsp3) is 0.476. The number of aliphatic imine (C=N–C) groups is 1. The van der Waals surface area contributed by atoms with Crippen molar-refractivity contribution in [2.75, 3.05) is 6.16 Å². The third-order valence-corrected chi connectivity index (χ3v) is 7.20. The highest BCUT2D eigenvalue weighted by molar-refractivity contribution is 7.58. The molecule has 12 nitrogen and oxygen atoms in total. The molecule has 0 aliphatic carbocycles. The van der Waals surface area contributed by atoms with Gasteiger partial charge >= 0.3 is 5.97 Å². The molecular weight excluding hydrogens is 467 g/mol. The highest BCUT2D eigenvalue weighted by atomic mass is 31.2. The van der Waals surface area contributed by atoms with Crippen molar-refractivity contribution >= 4 is 37.0 Å². The van der Waals surface area contributed by atoms with E-state index < -0.39 is 73.3 Å². The quantitative estimate of drug-likeness (QED) is 0.132. The van der Waals surface area contributed by atoms with Crippen molar-refractivity contribution in [1.82, 2.24) is 10.6 Å². The van der Waals surface area contributed by atoms with E-state index in [1.54, 1.807) is 30.3 Å². The Balaban J connectivity index is 3.16. The van der Waals surface area contributed by atoms with E-state index >= 15 is 0 Å². The molecule has 0 radical (unpaired) electrons. The van der Waals surface area contributed by atoms with Crippen LogP contribution in [0.25, 0.3) is 0 Å². The van der Waals surface area contributed by atoms with Gasteiger partial charge in [0.05, 0.1) is 6.42 Å². The van der Waals surface area contributed by atoms with E-state index in [2.05, 4.69) is 15.6 Å². The second-order valence-electron chi connectivity index (χ2n) is 7.95. The average Bonchev–Trinajstić information content (AvgIpc) is 2.72. The molecule has 0 aliphatic heterocycles. The molecule has 0 heterocycles. The minimum absolute atomic E-state index is 0.105. The van der Waals surface area contributed by atoms with Gasteiger partial charge in [-0.25, -0.2) is 0 Å². The second-order valence-corrected chi connectivity index (χ2v) is 10.4. The van der Waals surface area contributed by atoms with E-state index in [1.807, 2.05) is 0 Å². The fourth-order valence-corrected chi connectivity index (χ4v) is 5.03. The summed E-state index contributed by atoms with van der Waals surface area (Å²) in [5.41, 5.74) is 5.71. The smallest absolute Gasteiger partial charge is 0.306 e. The van der Waals surface area contributed by atoms with Gasteiger partial charge in [0.15, 0.2) is 0 Å². The van der Waals surface area contributed by atoms with E-state index in [9.17, 15) is 33.7 Å². The molecule has 188 valence electrons. The van der Waals surface area contributed by atoms with Crippen molar-refractivity contribution in [3.63, 3.8) is 0 Å². The number of primary amides is 1. The van der Waals surface area contributed by atoms with E-state index in [0.29, 0.717) is 5.56 Å². The van der Waals surface area contributed by atoms with Crippen molar-refractivity contribution < 1.29 is 38.8 Å². The zero-order valence-electron chi connectivity index (χ0n) is 19.1. The summed E-state index contributed by atoms with van der Waals surface area (Å²) in [5.74, 6) is -7.05. The standard InChI is InChI=1S/C21H31N4O8P/c1-12(20(30)23-13(2)19(22)29)11-34(32,33)17(9-15-7-5-4-6-8-15)25-21(31)16(10-18(27)28)24-14(3)26/h4-8,12-13,16-17H,9-11H2,1-3H3,(H2,22,29)(H,23,30)(H,24,26)(H,25,31)(H,27,28)(H,32,33)/p-1/t12-,13?,16?,17+/m1/s1. The van der Waals surface area contributed by atoms with Crippen LogP contribution in [-0.2, 0) is 30.2 Å². The first-order valence-corrected chi connectivity index (χ1v) is 12.3. The molecule has 1 aromatic carbocycles. The summed E-state index contributed by atoms with van der Waals surface area (Å²) in [6.07, 6.45) is -1.44. The molecule has 0 aliphatic rings. The first-order chi connectivity index (χ1) is 15.7. The Labute approximate surface area is 197 Å². The molecule has 13 heteroatoms. The molecule has 0 saturated heterocycles. The molecule has 0 fully saturated rings. The molecule has 0 bridgehead atoms. The highest BCUT2D eigenvalue weighted by Crippen LogP contribution is 2.48. The first kappa shape index (κ1) is 28.8. The zero-order chi connectivity index (χ0) is 26.1. The van der Waals surface area contributed by atoms with Crippen molar-refractivity contribution in [3.8, 4) is 0 Å². The number of hydrogen-bond acceptors (Lipinski definition) is 7. The molecule has 3 amide bonds. The van der Waals surface area contributed by atoms with Crippen molar-refractivity contribution in [1.29, 1.82) is 0 Å². The normalized spacial score (nSPS) is 16.9. The molecule has 3 unspecified atom stereocenters. The monoisotopic (exact) mass is 497 g/mol. The average molecular weight is 497 g/mol. The summed E-state index contributed by atoms with van der Waals surface area (Å²) in [6, 6.07) is 5.86. The lowest BCUT2D eigenvalue weighted by Crippen LogP contribution is -2.46. The molecule has 0 aromatic heterocycles. The van der Waals surface area contributed by atoms with Crippen LogP contribution >= 0.6 is 7.37 Å². The fourth-order valence-electron chi connectivity index (χ4n) is 3.00. The lowest BCUT2D eigenvalue weighted by Gasteiger charge is -2.28.